The smallest absolute Gasteiger partial charge is 0.307 e. The molecule has 0 saturated heterocycles. The van der Waals surface area contributed by atoms with Crippen molar-refractivity contribution in [3.8, 4) is 10.6 Å². The van der Waals surface area contributed by atoms with Gasteiger partial charge in [-0.1, -0.05) is 29.8 Å². The Hall–Kier alpha value is -1.78. The molecule has 0 amide bonds. The molecule has 3 nitrogen and oxygen atoms in total. The third kappa shape index (κ3) is 2.21. The second kappa shape index (κ2) is 4.96. The molecule has 0 bridgehead atoms. The van der Waals surface area contributed by atoms with E-state index in [0.717, 1.165) is 32.6 Å². The highest BCUT2D eigenvalue weighted by Gasteiger charge is 2.17. The molecule has 2 heterocycles. The maximum absolute atomic E-state index is 11.1. The van der Waals surface area contributed by atoms with Gasteiger partial charge in [0.1, 0.15) is 0 Å². The van der Waals surface area contributed by atoms with Gasteiger partial charge in [0, 0.05) is 10.9 Å². The number of para-hydroxylation sites is 1. The second-order valence-corrected chi connectivity index (χ2v) is 6.37. The minimum Gasteiger partial charge on any atom is -0.481 e. The molecule has 20 heavy (non-hydrogen) atoms. The number of hydrogen-bond acceptors (Lipinski definition) is 2. The van der Waals surface area contributed by atoms with Crippen LogP contribution in [0.2, 0.25) is 4.34 Å². The molecular formula is C15H12ClNO2S. The summed E-state index contributed by atoms with van der Waals surface area (Å²) in [5, 5.41) is 10.1. The fourth-order valence-electron chi connectivity index (χ4n) is 2.41. The first-order valence-electron chi connectivity index (χ1n) is 6.14. The zero-order chi connectivity index (χ0) is 14.3. The van der Waals surface area contributed by atoms with Gasteiger partial charge in [-0.2, -0.15) is 0 Å². The molecule has 5 heteroatoms. The molecule has 1 aromatic carbocycles. The van der Waals surface area contributed by atoms with Crippen LogP contribution < -0.4 is 0 Å². The number of aromatic amines is 1. The Balaban J connectivity index is 2.29. The third-order valence-corrected chi connectivity index (χ3v) is 4.55. The second-order valence-electron chi connectivity index (χ2n) is 4.65. The van der Waals surface area contributed by atoms with E-state index in [-0.39, 0.29) is 6.42 Å². The topological polar surface area (TPSA) is 53.1 Å². The Morgan fingerprint density at radius 2 is 2.15 bits per heavy atom. The summed E-state index contributed by atoms with van der Waals surface area (Å²) in [4.78, 5) is 15.5. The van der Waals surface area contributed by atoms with Crippen molar-refractivity contribution in [3.05, 3.63) is 45.8 Å². The number of halogens is 1. The standard InChI is InChI=1S/C15H12ClNO2S/c1-8-3-2-4-9-10(7-13(18)19)15(17-14(8)9)11-5-6-12(16)20-11/h2-6,17H,7H2,1H3,(H,18,19). The van der Waals surface area contributed by atoms with Gasteiger partial charge in [0.05, 0.1) is 21.3 Å². The summed E-state index contributed by atoms with van der Waals surface area (Å²) in [6, 6.07) is 9.65. The predicted octanol–water partition coefficient (Wildman–Crippen LogP) is 4.49. The van der Waals surface area contributed by atoms with Crippen LogP contribution in [0, 0.1) is 6.92 Å². The Kier molecular flexibility index (Phi) is 3.28. The maximum Gasteiger partial charge on any atom is 0.307 e. The fraction of sp³-hybridized carbons (Fsp3) is 0.133. The molecule has 2 aromatic heterocycles. The van der Waals surface area contributed by atoms with E-state index in [1.165, 1.54) is 11.3 Å². The van der Waals surface area contributed by atoms with Crippen molar-refractivity contribution < 1.29 is 9.90 Å². The fourth-order valence-corrected chi connectivity index (χ4v) is 3.48. The Bertz CT molecular complexity index is 803. The minimum absolute atomic E-state index is 0.00565. The average molecular weight is 306 g/mol. The number of aliphatic carboxylic acids is 1. The molecule has 3 rings (SSSR count). The SMILES string of the molecule is Cc1cccc2c(CC(=O)O)c(-c3ccc(Cl)s3)[nH]c12. The Morgan fingerprint density at radius 3 is 2.80 bits per heavy atom. The van der Waals surface area contributed by atoms with E-state index in [0.29, 0.717) is 4.34 Å². The molecule has 3 aromatic rings. The number of aromatic nitrogens is 1. The number of H-pyrrole nitrogens is 1. The lowest BCUT2D eigenvalue weighted by molar-refractivity contribution is -0.136. The number of hydrogen-bond donors (Lipinski definition) is 2. The van der Waals surface area contributed by atoms with E-state index >= 15 is 0 Å². The molecule has 2 N–H and O–H groups in total. The van der Waals surface area contributed by atoms with Gasteiger partial charge in [0.15, 0.2) is 0 Å². The summed E-state index contributed by atoms with van der Waals surface area (Å²) in [5.41, 5.74) is 3.76. The van der Waals surface area contributed by atoms with Gasteiger partial charge >= 0.3 is 5.97 Å². The quantitative estimate of drug-likeness (QED) is 0.749. The number of carboxylic acid groups (broad SMARTS) is 1. The molecule has 0 spiro atoms. The molecule has 0 aliphatic heterocycles. The first-order valence-corrected chi connectivity index (χ1v) is 7.33. The van der Waals surface area contributed by atoms with Crippen LogP contribution in [0.25, 0.3) is 21.5 Å². The van der Waals surface area contributed by atoms with E-state index in [4.69, 9.17) is 16.7 Å². The van der Waals surface area contributed by atoms with Crippen LogP contribution in [0.15, 0.2) is 30.3 Å². The van der Waals surface area contributed by atoms with E-state index in [9.17, 15) is 4.79 Å². The summed E-state index contributed by atoms with van der Waals surface area (Å²) in [7, 11) is 0. The summed E-state index contributed by atoms with van der Waals surface area (Å²) in [6.45, 7) is 2.01. The molecule has 0 unspecified atom stereocenters. The molecular weight excluding hydrogens is 294 g/mol. The number of aryl methyl sites for hydroxylation is 1. The molecule has 0 aliphatic rings. The lowest BCUT2D eigenvalue weighted by Crippen LogP contribution is -2.00. The zero-order valence-corrected chi connectivity index (χ0v) is 12.3. The van der Waals surface area contributed by atoms with Crippen LogP contribution in [-0.4, -0.2) is 16.1 Å². The summed E-state index contributed by atoms with van der Waals surface area (Å²) >= 11 is 7.43. The number of rotatable bonds is 3. The van der Waals surface area contributed by atoms with Gasteiger partial charge in [-0.15, -0.1) is 11.3 Å². The van der Waals surface area contributed by atoms with Crippen LogP contribution in [0.4, 0.5) is 0 Å². The van der Waals surface area contributed by atoms with Crippen LogP contribution in [-0.2, 0) is 11.2 Å². The Labute approximate surface area is 124 Å². The number of benzene rings is 1. The van der Waals surface area contributed by atoms with Crippen molar-refractivity contribution in [1.29, 1.82) is 0 Å². The van der Waals surface area contributed by atoms with Crippen molar-refractivity contribution in [1.82, 2.24) is 4.98 Å². The monoisotopic (exact) mass is 305 g/mol. The number of carbonyl (C=O) groups is 1. The van der Waals surface area contributed by atoms with Gasteiger partial charge in [-0.3, -0.25) is 4.79 Å². The van der Waals surface area contributed by atoms with Crippen molar-refractivity contribution >= 4 is 39.8 Å². The first kappa shape index (κ1) is 13.2. The molecule has 0 radical (unpaired) electrons. The maximum atomic E-state index is 11.1. The normalized spacial score (nSPS) is 11.1. The summed E-state index contributed by atoms with van der Waals surface area (Å²) in [6.07, 6.45) is -0.00565. The van der Waals surface area contributed by atoms with Crippen molar-refractivity contribution in [2.45, 2.75) is 13.3 Å². The zero-order valence-electron chi connectivity index (χ0n) is 10.7. The van der Waals surface area contributed by atoms with Crippen molar-refractivity contribution in [2.75, 3.05) is 0 Å². The molecule has 0 fully saturated rings. The van der Waals surface area contributed by atoms with Gasteiger partial charge < -0.3 is 10.1 Å². The molecule has 0 atom stereocenters. The highest BCUT2D eigenvalue weighted by molar-refractivity contribution is 7.19. The molecule has 0 aliphatic carbocycles. The minimum atomic E-state index is -0.837. The van der Waals surface area contributed by atoms with Crippen LogP contribution in [0.3, 0.4) is 0 Å². The summed E-state index contributed by atoms with van der Waals surface area (Å²) < 4.78 is 0.691. The average Bonchev–Trinajstić information content (AvgIpc) is 2.95. The van der Waals surface area contributed by atoms with Crippen LogP contribution in [0.5, 0.6) is 0 Å². The predicted molar refractivity (Wildman–Crippen MR) is 82.7 cm³/mol. The molecule has 0 saturated carbocycles. The third-order valence-electron chi connectivity index (χ3n) is 3.30. The number of fused-ring (bicyclic) bond motifs is 1. The van der Waals surface area contributed by atoms with E-state index < -0.39 is 5.97 Å². The lowest BCUT2D eigenvalue weighted by atomic mass is 10.1. The lowest BCUT2D eigenvalue weighted by Gasteiger charge is -1.99. The van der Waals surface area contributed by atoms with Crippen LogP contribution >= 0.6 is 22.9 Å². The van der Waals surface area contributed by atoms with Crippen LogP contribution in [0.1, 0.15) is 11.1 Å². The largest absolute Gasteiger partial charge is 0.481 e. The van der Waals surface area contributed by atoms with Gasteiger partial charge in [0.2, 0.25) is 0 Å². The van der Waals surface area contributed by atoms with Gasteiger partial charge in [-0.05, 0) is 30.2 Å². The highest BCUT2D eigenvalue weighted by Crippen LogP contribution is 2.37. The Morgan fingerprint density at radius 1 is 1.35 bits per heavy atom. The van der Waals surface area contributed by atoms with E-state index in [2.05, 4.69) is 4.98 Å². The molecule has 102 valence electrons. The van der Waals surface area contributed by atoms with Gasteiger partial charge in [0.25, 0.3) is 0 Å². The van der Waals surface area contributed by atoms with E-state index in [1.54, 1.807) is 0 Å². The first-order chi connectivity index (χ1) is 9.56. The number of carboxylic acids is 1. The summed E-state index contributed by atoms with van der Waals surface area (Å²) in [5.74, 6) is -0.837. The van der Waals surface area contributed by atoms with Gasteiger partial charge in [-0.25, -0.2) is 0 Å². The number of nitrogens with one attached hydrogen (secondary N) is 1. The van der Waals surface area contributed by atoms with E-state index in [1.807, 2.05) is 37.3 Å². The number of thiophene rings is 1. The van der Waals surface area contributed by atoms with Crippen molar-refractivity contribution in [2.24, 2.45) is 0 Å². The van der Waals surface area contributed by atoms with Crippen molar-refractivity contribution in [3.63, 3.8) is 0 Å². The highest BCUT2D eigenvalue weighted by atomic mass is 35.5.